The summed E-state index contributed by atoms with van der Waals surface area (Å²) in [4.78, 5) is 32.1. The normalized spacial score (nSPS) is 20.4. The number of aromatic nitrogens is 1. The third kappa shape index (κ3) is 3.44. The van der Waals surface area contributed by atoms with Gasteiger partial charge in [0.25, 0.3) is 5.91 Å². The van der Waals surface area contributed by atoms with Crippen molar-refractivity contribution in [2.75, 3.05) is 23.3 Å². The molecule has 2 saturated heterocycles. The SMILES string of the molecule is CC(=O)N1C2CCC1CN(c1cccc(NC(=O)c3cc4c(F)ccc(C)c4[nH]3)c1)C2. The molecule has 2 atom stereocenters. The number of halogens is 1. The lowest BCUT2D eigenvalue weighted by Crippen LogP contribution is -2.55. The first kappa shape index (κ1) is 19.6. The van der Waals surface area contributed by atoms with E-state index in [-0.39, 0.29) is 29.7 Å². The van der Waals surface area contributed by atoms with Crippen molar-refractivity contribution < 1.29 is 14.0 Å². The summed E-state index contributed by atoms with van der Waals surface area (Å²) in [5.74, 6) is -0.510. The Bertz CT molecular complexity index is 1130. The van der Waals surface area contributed by atoms with E-state index in [1.807, 2.05) is 36.1 Å². The van der Waals surface area contributed by atoms with Crippen molar-refractivity contribution in [3.05, 3.63) is 59.5 Å². The molecule has 7 heteroatoms. The molecule has 2 aliphatic heterocycles. The van der Waals surface area contributed by atoms with Crippen LogP contribution in [0, 0.1) is 12.7 Å². The molecule has 2 unspecified atom stereocenters. The van der Waals surface area contributed by atoms with Crippen LogP contribution in [0.5, 0.6) is 0 Å². The van der Waals surface area contributed by atoms with Crippen molar-refractivity contribution in [2.24, 2.45) is 0 Å². The number of nitrogens with one attached hydrogen (secondary N) is 2. The number of hydrogen-bond acceptors (Lipinski definition) is 3. The highest BCUT2D eigenvalue weighted by Crippen LogP contribution is 2.33. The standard InChI is InChI=1S/C24H25FN4O2/c1-14-6-9-21(25)20-11-22(27-23(14)20)24(31)26-16-4-3-5-17(10-16)28-12-18-7-8-19(13-28)29(18)15(2)30/h3-6,9-11,18-19,27H,7-8,12-13H2,1-2H3,(H,26,31). The van der Waals surface area contributed by atoms with Crippen molar-refractivity contribution in [2.45, 2.75) is 38.8 Å². The largest absolute Gasteiger partial charge is 0.367 e. The first-order valence-electron chi connectivity index (χ1n) is 10.6. The van der Waals surface area contributed by atoms with Crippen molar-refractivity contribution in [3.63, 3.8) is 0 Å². The van der Waals surface area contributed by atoms with Gasteiger partial charge in [0, 0.05) is 48.9 Å². The minimum atomic E-state index is -0.350. The molecule has 2 aromatic carbocycles. The second kappa shape index (κ2) is 7.41. The Balaban J connectivity index is 1.34. The van der Waals surface area contributed by atoms with Gasteiger partial charge >= 0.3 is 0 Å². The third-order valence-electron chi connectivity index (χ3n) is 6.51. The van der Waals surface area contributed by atoms with Crippen LogP contribution in [0.25, 0.3) is 10.9 Å². The Kier molecular flexibility index (Phi) is 4.68. The number of piperazine rings is 1. The van der Waals surface area contributed by atoms with Gasteiger partial charge in [0.2, 0.25) is 5.91 Å². The summed E-state index contributed by atoms with van der Waals surface area (Å²) in [7, 11) is 0. The second-order valence-corrected chi connectivity index (χ2v) is 8.56. The van der Waals surface area contributed by atoms with Gasteiger partial charge in [-0.05, 0) is 55.7 Å². The summed E-state index contributed by atoms with van der Waals surface area (Å²) < 4.78 is 14.1. The molecule has 0 aliphatic carbocycles. The predicted octanol–water partition coefficient (Wildman–Crippen LogP) is 4.07. The van der Waals surface area contributed by atoms with Crippen LogP contribution in [0.4, 0.5) is 15.8 Å². The minimum absolute atomic E-state index is 0.151. The maximum atomic E-state index is 14.1. The van der Waals surface area contributed by atoms with Crippen molar-refractivity contribution in [1.82, 2.24) is 9.88 Å². The summed E-state index contributed by atoms with van der Waals surface area (Å²) in [5, 5.41) is 3.33. The Morgan fingerprint density at radius 2 is 1.84 bits per heavy atom. The number of anilines is 2. The molecule has 5 rings (SSSR count). The monoisotopic (exact) mass is 420 g/mol. The van der Waals surface area contributed by atoms with Crippen LogP contribution in [-0.4, -0.2) is 46.9 Å². The molecule has 3 aromatic rings. The van der Waals surface area contributed by atoms with Gasteiger partial charge in [0.15, 0.2) is 0 Å². The van der Waals surface area contributed by atoms with Gasteiger partial charge in [-0.15, -0.1) is 0 Å². The van der Waals surface area contributed by atoms with E-state index in [1.165, 1.54) is 6.07 Å². The fourth-order valence-corrected chi connectivity index (χ4v) is 5.05. The number of rotatable bonds is 3. The number of hydrogen-bond donors (Lipinski definition) is 2. The first-order chi connectivity index (χ1) is 14.9. The Morgan fingerprint density at radius 1 is 1.10 bits per heavy atom. The topological polar surface area (TPSA) is 68.4 Å². The van der Waals surface area contributed by atoms with Crippen LogP contribution in [0.15, 0.2) is 42.5 Å². The van der Waals surface area contributed by atoms with Gasteiger partial charge in [-0.1, -0.05) is 12.1 Å². The van der Waals surface area contributed by atoms with Gasteiger partial charge in [0.05, 0.1) is 5.52 Å². The Hall–Kier alpha value is -3.35. The molecule has 0 spiro atoms. The second-order valence-electron chi connectivity index (χ2n) is 8.56. The van der Waals surface area contributed by atoms with Gasteiger partial charge in [-0.2, -0.15) is 0 Å². The Labute approximate surface area is 180 Å². The molecular formula is C24H25FN4O2. The Morgan fingerprint density at radius 3 is 2.52 bits per heavy atom. The molecule has 160 valence electrons. The van der Waals surface area contributed by atoms with Crippen LogP contribution < -0.4 is 10.2 Å². The molecule has 3 heterocycles. The number of benzene rings is 2. The molecule has 0 radical (unpaired) electrons. The molecule has 2 bridgehead atoms. The minimum Gasteiger partial charge on any atom is -0.367 e. The summed E-state index contributed by atoms with van der Waals surface area (Å²) in [6.45, 7) is 5.12. The quantitative estimate of drug-likeness (QED) is 0.671. The summed E-state index contributed by atoms with van der Waals surface area (Å²) >= 11 is 0. The zero-order valence-electron chi connectivity index (χ0n) is 17.6. The van der Waals surface area contributed by atoms with Crippen molar-refractivity contribution >= 4 is 34.1 Å². The van der Waals surface area contributed by atoms with Crippen molar-refractivity contribution in [1.29, 1.82) is 0 Å². The highest BCUT2D eigenvalue weighted by molar-refractivity contribution is 6.06. The number of aromatic amines is 1. The van der Waals surface area contributed by atoms with E-state index >= 15 is 0 Å². The van der Waals surface area contributed by atoms with Crippen LogP contribution in [-0.2, 0) is 4.79 Å². The van der Waals surface area contributed by atoms with E-state index < -0.39 is 0 Å². The highest BCUT2D eigenvalue weighted by atomic mass is 19.1. The zero-order chi connectivity index (χ0) is 21.7. The molecule has 2 fully saturated rings. The number of aryl methyl sites for hydroxylation is 1. The number of fused-ring (bicyclic) bond motifs is 3. The van der Waals surface area contributed by atoms with E-state index in [0.29, 0.717) is 22.3 Å². The van der Waals surface area contributed by atoms with Gasteiger partial charge in [0.1, 0.15) is 11.5 Å². The smallest absolute Gasteiger partial charge is 0.272 e. The lowest BCUT2D eigenvalue weighted by molar-refractivity contribution is -0.132. The number of carbonyl (C=O) groups excluding carboxylic acids is 2. The lowest BCUT2D eigenvalue weighted by atomic mass is 10.1. The fourth-order valence-electron chi connectivity index (χ4n) is 5.05. The van der Waals surface area contributed by atoms with Gasteiger partial charge in [-0.25, -0.2) is 4.39 Å². The van der Waals surface area contributed by atoms with Crippen LogP contribution in [0.3, 0.4) is 0 Å². The molecule has 6 nitrogen and oxygen atoms in total. The molecule has 31 heavy (non-hydrogen) atoms. The molecule has 2 N–H and O–H groups in total. The average molecular weight is 420 g/mol. The predicted molar refractivity (Wildman–Crippen MR) is 119 cm³/mol. The van der Waals surface area contributed by atoms with E-state index in [1.54, 1.807) is 19.1 Å². The number of amides is 2. The molecule has 1 aromatic heterocycles. The average Bonchev–Trinajstić information content (AvgIpc) is 3.32. The van der Waals surface area contributed by atoms with E-state index in [0.717, 1.165) is 37.2 Å². The van der Waals surface area contributed by atoms with E-state index in [2.05, 4.69) is 15.2 Å². The third-order valence-corrected chi connectivity index (χ3v) is 6.51. The lowest BCUT2D eigenvalue weighted by Gasteiger charge is -2.41. The highest BCUT2D eigenvalue weighted by Gasteiger charge is 2.41. The molecular weight excluding hydrogens is 395 g/mol. The van der Waals surface area contributed by atoms with Gasteiger partial charge < -0.3 is 20.1 Å². The van der Waals surface area contributed by atoms with E-state index in [4.69, 9.17) is 0 Å². The maximum Gasteiger partial charge on any atom is 0.272 e. The number of carbonyl (C=O) groups is 2. The fraction of sp³-hybridized carbons (Fsp3) is 0.333. The van der Waals surface area contributed by atoms with Crippen LogP contribution >= 0.6 is 0 Å². The summed E-state index contributed by atoms with van der Waals surface area (Å²) in [6, 6.07) is 12.9. The van der Waals surface area contributed by atoms with Crippen molar-refractivity contribution in [3.8, 4) is 0 Å². The van der Waals surface area contributed by atoms with Crippen LogP contribution in [0.2, 0.25) is 0 Å². The summed E-state index contributed by atoms with van der Waals surface area (Å²) in [5.41, 5.74) is 3.55. The van der Waals surface area contributed by atoms with E-state index in [9.17, 15) is 14.0 Å². The molecule has 0 saturated carbocycles. The van der Waals surface area contributed by atoms with Gasteiger partial charge in [-0.3, -0.25) is 9.59 Å². The maximum absolute atomic E-state index is 14.1. The zero-order valence-corrected chi connectivity index (χ0v) is 17.6. The number of H-pyrrole nitrogens is 1. The first-order valence-corrected chi connectivity index (χ1v) is 10.6. The molecule has 2 aliphatic rings. The molecule has 2 amide bonds. The van der Waals surface area contributed by atoms with Crippen LogP contribution in [0.1, 0.15) is 35.8 Å². The number of nitrogens with zero attached hydrogens (tertiary/aromatic N) is 2. The summed E-state index contributed by atoms with van der Waals surface area (Å²) in [6.07, 6.45) is 2.07.